The standard InChI is InChI=1S/C20H16N4O3S/c1-23(2)14-8-7-11(9-15(14)24(25)26)17-13(10-21)20(22)27-18-12-5-3-4-6-16(12)28-19(17)18/h3-9,17H,22H2,1-2H3. The smallest absolute Gasteiger partial charge is 0.292 e. The van der Waals surface area contributed by atoms with Crippen LogP contribution in [0.5, 0.6) is 5.75 Å². The van der Waals surface area contributed by atoms with Crippen molar-refractivity contribution in [3.05, 3.63) is 74.5 Å². The Morgan fingerprint density at radius 2 is 2.04 bits per heavy atom. The highest BCUT2D eigenvalue weighted by Gasteiger charge is 2.35. The lowest BCUT2D eigenvalue weighted by atomic mass is 9.88. The Bertz CT molecular complexity index is 1190. The molecule has 7 nitrogen and oxygen atoms in total. The number of nitro groups is 1. The zero-order valence-corrected chi connectivity index (χ0v) is 16.0. The van der Waals surface area contributed by atoms with Gasteiger partial charge in [0.15, 0.2) is 5.75 Å². The van der Waals surface area contributed by atoms with Gasteiger partial charge in [-0.2, -0.15) is 5.26 Å². The number of allylic oxidation sites excluding steroid dienone is 1. The van der Waals surface area contributed by atoms with Crippen LogP contribution in [-0.2, 0) is 0 Å². The fourth-order valence-electron chi connectivity index (χ4n) is 3.46. The fourth-order valence-corrected chi connectivity index (χ4v) is 4.73. The van der Waals surface area contributed by atoms with Crippen LogP contribution < -0.4 is 15.4 Å². The van der Waals surface area contributed by atoms with Gasteiger partial charge in [0.25, 0.3) is 5.69 Å². The minimum absolute atomic E-state index is 0.0208. The molecule has 0 radical (unpaired) electrons. The molecular formula is C20H16N4O3S. The van der Waals surface area contributed by atoms with Gasteiger partial charge in [-0.05, 0) is 23.8 Å². The van der Waals surface area contributed by atoms with E-state index in [1.807, 2.05) is 24.3 Å². The largest absolute Gasteiger partial charge is 0.439 e. The lowest BCUT2D eigenvalue weighted by molar-refractivity contribution is -0.384. The Labute approximate surface area is 165 Å². The fraction of sp³-hybridized carbons (Fsp3) is 0.150. The number of ether oxygens (including phenoxy) is 1. The first-order chi connectivity index (χ1) is 13.4. The summed E-state index contributed by atoms with van der Waals surface area (Å²) in [7, 11) is 3.50. The lowest BCUT2D eigenvalue weighted by Gasteiger charge is -2.24. The second-order valence-electron chi connectivity index (χ2n) is 6.62. The van der Waals surface area contributed by atoms with Crippen molar-refractivity contribution in [2.45, 2.75) is 5.92 Å². The molecule has 3 aromatic rings. The summed E-state index contributed by atoms with van der Waals surface area (Å²) in [5.41, 5.74) is 7.42. The molecule has 0 saturated heterocycles. The van der Waals surface area contributed by atoms with Gasteiger partial charge >= 0.3 is 0 Å². The van der Waals surface area contributed by atoms with E-state index in [4.69, 9.17) is 10.5 Å². The number of nitrogens with two attached hydrogens (primary N) is 1. The molecule has 140 valence electrons. The summed E-state index contributed by atoms with van der Waals surface area (Å²) in [5, 5.41) is 22.2. The molecule has 28 heavy (non-hydrogen) atoms. The zero-order chi connectivity index (χ0) is 20.0. The van der Waals surface area contributed by atoms with Gasteiger partial charge in [0.05, 0.1) is 15.7 Å². The predicted octanol–water partition coefficient (Wildman–Crippen LogP) is 4.09. The molecule has 0 aliphatic carbocycles. The Hall–Kier alpha value is -3.57. The van der Waals surface area contributed by atoms with Crippen LogP contribution in [-0.4, -0.2) is 19.0 Å². The number of thiophene rings is 1. The van der Waals surface area contributed by atoms with Crippen molar-refractivity contribution in [2.24, 2.45) is 5.73 Å². The van der Waals surface area contributed by atoms with Crippen molar-refractivity contribution in [2.75, 3.05) is 19.0 Å². The Kier molecular flexibility index (Phi) is 4.17. The van der Waals surface area contributed by atoms with Crippen molar-refractivity contribution < 1.29 is 9.66 Å². The first-order valence-corrected chi connectivity index (χ1v) is 9.28. The number of nitrogens with zero attached hydrogens (tertiary/aromatic N) is 3. The number of rotatable bonds is 3. The summed E-state index contributed by atoms with van der Waals surface area (Å²) in [6.45, 7) is 0. The number of benzene rings is 2. The zero-order valence-electron chi connectivity index (χ0n) is 15.2. The molecule has 1 atom stereocenters. The van der Waals surface area contributed by atoms with E-state index in [-0.39, 0.29) is 17.1 Å². The number of fused-ring (bicyclic) bond motifs is 3. The summed E-state index contributed by atoms with van der Waals surface area (Å²) in [6.07, 6.45) is 0. The van der Waals surface area contributed by atoms with E-state index in [1.165, 1.54) is 17.4 Å². The van der Waals surface area contributed by atoms with Gasteiger partial charge in [-0.25, -0.2) is 0 Å². The minimum atomic E-state index is -0.513. The van der Waals surface area contributed by atoms with Crippen LogP contribution in [0.25, 0.3) is 10.1 Å². The van der Waals surface area contributed by atoms with E-state index < -0.39 is 10.8 Å². The average Bonchev–Trinajstić information content (AvgIpc) is 3.04. The van der Waals surface area contributed by atoms with Crippen LogP contribution in [0, 0.1) is 21.4 Å². The maximum Gasteiger partial charge on any atom is 0.292 e. The van der Waals surface area contributed by atoms with Crippen LogP contribution in [0.15, 0.2) is 53.9 Å². The Morgan fingerprint density at radius 3 is 2.71 bits per heavy atom. The van der Waals surface area contributed by atoms with Gasteiger partial charge < -0.3 is 15.4 Å². The lowest BCUT2D eigenvalue weighted by Crippen LogP contribution is -2.20. The molecule has 2 N–H and O–H groups in total. The number of anilines is 1. The normalized spacial score (nSPS) is 15.7. The third kappa shape index (κ3) is 2.64. The Balaban J connectivity index is 1.97. The number of nitriles is 1. The molecule has 2 heterocycles. The van der Waals surface area contributed by atoms with Gasteiger partial charge in [-0.15, -0.1) is 11.3 Å². The third-order valence-corrected chi connectivity index (χ3v) is 5.95. The highest BCUT2D eigenvalue weighted by Crippen LogP contribution is 2.50. The molecule has 0 amide bonds. The van der Waals surface area contributed by atoms with Crippen LogP contribution >= 0.6 is 11.3 Å². The number of nitro benzene ring substituents is 1. The van der Waals surface area contributed by atoms with Gasteiger partial charge in [0.2, 0.25) is 5.88 Å². The third-order valence-electron chi connectivity index (χ3n) is 4.74. The molecule has 0 bridgehead atoms. The number of hydrogen-bond acceptors (Lipinski definition) is 7. The van der Waals surface area contributed by atoms with E-state index in [0.717, 1.165) is 15.0 Å². The van der Waals surface area contributed by atoms with Crippen molar-refractivity contribution in [1.29, 1.82) is 5.26 Å². The van der Waals surface area contributed by atoms with Crippen molar-refractivity contribution in [1.82, 2.24) is 0 Å². The van der Waals surface area contributed by atoms with E-state index in [2.05, 4.69) is 6.07 Å². The van der Waals surface area contributed by atoms with Crippen LogP contribution in [0.3, 0.4) is 0 Å². The highest BCUT2D eigenvalue weighted by molar-refractivity contribution is 7.19. The molecule has 0 fully saturated rings. The molecule has 1 aliphatic rings. The van der Waals surface area contributed by atoms with Gasteiger partial charge in [0.1, 0.15) is 17.3 Å². The summed E-state index contributed by atoms with van der Waals surface area (Å²) < 4.78 is 6.79. The number of hydrogen-bond donors (Lipinski definition) is 1. The SMILES string of the molecule is CN(C)c1ccc(C2C(C#N)=C(N)Oc3c2sc2ccccc32)cc1[N+](=O)[O-]. The van der Waals surface area contributed by atoms with E-state index in [9.17, 15) is 15.4 Å². The molecule has 1 aliphatic heterocycles. The van der Waals surface area contributed by atoms with Gasteiger partial charge in [0, 0.05) is 30.2 Å². The summed E-state index contributed by atoms with van der Waals surface area (Å²) in [6, 6.07) is 14.9. The molecule has 2 aromatic carbocycles. The van der Waals surface area contributed by atoms with Gasteiger partial charge in [-0.1, -0.05) is 18.2 Å². The van der Waals surface area contributed by atoms with Gasteiger partial charge in [-0.3, -0.25) is 10.1 Å². The topological polar surface area (TPSA) is 105 Å². The second-order valence-corrected chi connectivity index (χ2v) is 7.70. The molecule has 0 spiro atoms. The molecule has 0 saturated carbocycles. The highest BCUT2D eigenvalue weighted by atomic mass is 32.1. The maximum atomic E-state index is 11.6. The molecular weight excluding hydrogens is 376 g/mol. The van der Waals surface area contributed by atoms with E-state index >= 15 is 0 Å². The first-order valence-electron chi connectivity index (χ1n) is 8.47. The summed E-state index contributed by atoms with van der Waals surface area (Å²) in [5.74, 6) is 0.130. The monoisotopic (exact) mass is 392 g/mol. The van der Waals surface area contributed by atoms with Crippen LogP contribution in [0.4, 0.5) is 11.4 Å². The van der Waals surface area contributed by atoms with Crippen molar-refractivity contribution in [3.63, 3.8) is 0 Å². The predicted molar refractivity (Wildman–Crippen MR) is 109 cm³/mol. The molecule has 8 heteroatoms. The van der Waals surface area contributed by atoms with Crippen molar-refractivity contribution >= 4 is 32.8 Å². The van der Waals surface area contributed by atoms with Crippen LogP contribution in [0.2, 0.25) is 0 Å². The molecule has 4 rings (SSSR count). The van der Waals surface area contributed by atoms with Crippen molar-refractivity contribution in [3.8, 4) is 11.8 Å². The summed E-state index contributed by atoms with van der Waals surface area (Å²) >= 11 is 1.50. The first kappa shape index (κ1) is 17.8. The Morgan fingerprint density at radius 1 is 1.29 bits per heavy atom. The summed E-state index contributed by atoms with van der Waals surface area (Å²) in [4.78, 5) is 13.7. The second kappa shape index (κ2) is 6.55. The molecule has 1 unspecified atom stereocenters. The average molecular weight is 392 g/mol. The minimum Gasteiger partial charge on any atom is -0.439 e. The van der Waals surface area contributed by atoms with Crippen LogP contribution in [0.1, 0.15) is 16.4 Å². The van der Waals surface area contributed by atoms with E-state index in [1.54, 1.807) is 31.1 Å². The molecule has 1 aromatic heterocycles. The van der Waals surface area contributed by atoms with E-state index in [0.29, 0.717) is 17.0 Å². The quantitative estimate of drug-likeness (QED) is 0.531. The maximum absolute atomic E-state index is 11.6.